The molecule has 5 nitrogen and oxygen atoms in total. The van der Waals surface area contributed by atoms with E-state index in [2.05, 4.69) is 0 Å². The van der Waals surface area contributed by atoms with E-state index in [1.54, 1.807) is 13.8 Å². The Morgan fingerprint density at radius 1 is 1.36 bits per heavy atom. The maximum atomic E-state index is 13.0. The lowest BCUT2D eigenvalue weighted by atomic mass is 9.81. The predicted molar refractivity (Wildman–Crippen MR) is 76.4 cm³/mol. The molecule has 22 heavy (non-hydrogen) atoms. The van der Waals surface area contributed by atoms with Crippen molar-refractivity contribution in [1.82, 2.24) is 0 Å². The molecule has 1 rings (SSSR count). The van der Waals surface area contributed by atoms with Gasteiger partial charge in [-0.2, -0.15) is 5.26 Å². The van der Waals surface area contributed by atoms with E-state index in [1.807, 2.05) is 6.07 Å². The summed E-state index contributed by atoms with van der Waals surface area (Å²) in [5, 5.41) is 9.53. The van der Waals surface area contributed by atoms with E-state index in [9.17, 15) is 19.2 Å². The van der Waals surface area contributed by atoms with Crippen molar-refractivity contribution in [2.45, 2.75) is 31.8 Å². The fourth-order valence-corrected chi connectivity index (χ4v) is 2.20. The standard InChI is InChI=1S/C16H18FNO4/c1-3-21-15(20)9-16(11-18,22-4-2)14(10-19)12-5-7-13(17)8-6-12/h5-8,10,14H,3-4,9H2,1-2H3. The summed E-state index contributed by atoms with van der Waals surface area (Å²) in [6.45, 7) is 3.60. The molecule has 0 saturated carbocycles. The largest absolute Gasteiger partial charge is 0.466 e. The molecule has 2 atom stereocenters. The fraction of sp³-hybridized carbons (Fsp3) is 0.438. The number of esters is 1. The summed E-state index contributed by atoms with van der Waals surface area (Å²) in [5.74, 6) is -2.12. The monoisotopic (exact) mass is 307 g/mol. The maximum absolute atomic E-state index is 13.0. The highest BCUT2D eigenvalue weighted by molar-refractivity contribution is 5.75. The number of nitrogens with zero attached hydrogens (tertiary/aromatic N) is 1. The van der Waals surface area contributed by atoms with Crippen molar-refractivity contribution in [3.05, 3.63) is 35.6 Å². The van der Waals surface area contributed by atoms with Gasteiger partial charge in [-0.3, -0.25) is 4.79 Å². The summed E-state index contributed by atoms with van der Waals surface area (Å²) in [4.78, 5) is 23.3. The number of ether oxygens (including phenoxy) is 2. The van der Waals surface area contributed by atoms with Crippen molar-refractivity contribution < 1.29 is 23.5 Å². The third-order valence-electron chi connectivity index (χ3n) is 3.17. The molecule has 118 valence electrons. The van der Waals surface area contributed by atoms with E-state index in [4.69, 9.17) is 9.47 Å². The summed E-state index contributed by atoms with van der Waals surface area (Å²) in [5.41, 5.74) is -1.28. The van der Waals surface area contributed by atoms with Crippen LogP contribution in [-0.2, 0) is 19.1 Å². The lowest BCUT2D eigenvalue weighted by molar-refractivity contribution is -0.150. The average molecular weight is 307 g/mol. The number of halogens is 1. The summed E-state index contributed by atoms with van der Waals surface area (Å²) in [6.07, 6.45) is 0.150. The van der Waals surface area contributed by atoms with Gasteiger partial charge in [-0.25, -0.2) is 4.39 Å². The van der Waals surface area contributed by atoms with Gasteiger partial charge in [0.15, 0.2) is 5.60 Å². The number of aldehydes is 1. The van der Waals surface area contributed by atoms with Crippen LogP contribution in [0.1, 0.15) is 31.7 Å². The van der Waals surface area contributed by atoms with Gasteiger partial charge in [-0.1, -0.05) is 12.1 Å². The lowest BCUT2D eigenvalue weighted by Gasteiger charge is -2.31. The minimum Gasteiger partial charge on any atom is -0.466 e. The van der Waals surface area contributed by atoms with Crippen molar-refractivity contribution in [3.8, 4) is 6.07 Å². The Labute approximate surface area is 128 Å². The molecule has 0 fully saturated rings. The van der Waals surface area contributed by atoms with Gasteiger partial charge in [0.05, 0.1) is 25.0 Å². The second kappa shape index (κ2) is 8.25. The summed E-state index contributed by atoms with van der Waals surface area (Å²) in [6, 6.07) is 7.08. The number of carbonyl (C=O) groups is 2. The molecule has 0 spiro atoms. The number of nitriles is 1. The van der Waals surface area contributed by atoms with Crippen LogP contribution >= 0.6 is 0 Å². The highest BCUT2D eigenvalue weighted by atomic mass is 19.1. The third kappa shape index (κ3) is 4.12. The highest BCUT2D eigenvalue weighted by Crippen LogP contribution is 2.33. The maximum Gasteiger partial charge on any atom is 0.309 e. The van der Waals surface area contributed by atoms with Crippen LogP contribution < -0.4 is 0 Å². The Kier molecular flexibility index (Phi) is 6.67. The van der Waals surface area contributed by atoms with Crippen LogP contribution in [0.2, 0.25) is 0 Å². The van der Waals surface area contributed by atoms with E-state index >= 15 is 0 Å². The number of carbonyl (C=O) groups excluding carboxylic acids is 2. The molecule has 0 saturated heterocycles. The molecule has 0 aliphatic rings. The van der Waals surface area contributed by atoms with Gasteiger partial charge in [0, 0.05) is 6.61 Å². The molecule has 0 amide bonds. The number of rotatable bonds is 8. The van der Waals surface area contributed by atoms with Gasteiger partial charge >= 0.3 is 5.97 Å². The minimum absolute atomic E-state index is 0.137. The van der Waals surface area contributed by atoms with Crippen LogP contribution in [0, 0.1) is 17.1 Å². The summed E-state index contributed by atoms with van der Waals surface area (Å²) >= 11 is 0. The Morgan fingerprint density at radius 3 is 2.45 bits per heavy atom. The lowest BCUT2D eigenvalue weighted by Crippen LogP contribution is -2.41. The molecule has 0 bridgehead atoms. The van der Waals surface area contributed by atoms with Gasteiger partial charge in [0.25, 0.3) is 0 Å². The van der Waals surface area contributed by atoms with Crippen LogP contribution in [-0.4, -0.2) is 31.1 Å². The van der Waals surface area contributed by atoms with E-state index in [0.717, 1.165) is 0 Å². The Bertz CT molecular complexity index is 552. The SMILES string of the molecule is CCOC(=O)CC(C#N)(OCC)C(C=O)c1ccc(F)cc1. The molecule has 0 aromatic heterocycles. The molecule has 6 heteroatoms. The molecular weight excluding hydrogens is 289 g/mol. The van der Waals surface area contributed by atoms with Crippen molar-refractivity contribution in [2.24, 2.45) is 0 Å². The first kappa shape index (κ1) is 17.8. The zero-order chi connectivity index (χ0) is 16.6. The van der Waals surface area contributed by atoms with E-state index in [1.165, 1.54) is 24.3 Å². The highest BCUT2D eigenvalue weighted by Gasteiger charge is 2.43. The molecule has 0 aliphatic carbocycles. The van der Waals surface area contributed by atoms with Crippen LogP contribution in [0.5, 0.6) is 0 Å². The molecule has 2 unspecified atom stereocenters. The smallest absolute Gasteiger partial charge is 0.309 e. The number of hydrogen-bond acceptors (Lipinski definition) is 5. The van der Waals surface area contributed by atoms with E-state index in [0.29, 0.717) is 11.8 Å². The summed E-state index contributed by atoms with van der Waals surface area (Å²) < 4.78 is 23.3. The molecule has 1 aromatic carbocycles. The molecule has 0 radical (unpaired) electrons. The zero-order valence-corrected chi connectivity index (χ0v) is 12.5. The number of hydrogen-bond donors (Lipinski definition) is 0. The first-order valence-corrected chi connectivity index (χ1v) is 6.94. The van der Waals surface area contributed by atoms with Gasteiger partial charge in [-0.05, 0) is 31.5 Å². The first-order valence-electron chi connectivity index (χ1n) is 6.94. The normalized spacial score (nSPS) is 14.5. The molecule has 0 heterocycles. The molecular formula is C16H18FNO4. The molecule has 0 N–H and O–H groups in total. The van der Waals surface area contributed by atoms with E-state index in [-0.39, 0.29) is 19.6 Å². The van der Waals surface area contributed by atoms with E-state index < -0.39 is 23.3 Å². The second-order valence-corrected chi connectivity index (χ2v) is 4.58. The molecule has 0 aliphatic heterocycles. The van der Waals surface area contributed by atoms with Gasteiger partial charge in [-0.15, -0.1) is 0 Å². The zero-order valence-electron chi connectivity index (χ0n) is 12.5. The minimum atomic E-state index is -1.68. The average Bonchev–Trinajstić information content (AvgIpc) is 2.50. The molecule has 1 aromatic rings. The summed E-state index contributed by atoms with van der Waals surface area (Å²) in [7, 11) is 0. The predicted octanol–water partition coefficient (Wildman–Crippen LogP) is 2.36. The van der Waals surface area contributed by atoms with Crippen molar-refractivity contribution >= 4 is 12.3 Å². The first-order chi connectivity index (χ1) is 10.5. The Hall–Kier alpha value is -2.26. The van der Waals surface area contributed by atoms with Crippen LogP contribution in [0.4, 0.5) is 4.39 Å². The van der Waals surface area contributed by atoms with Crippen LogP contribution in [0.25, 0.3) is 0 Å². The van der Waals surface area contributed by atoms with Crippen molar-refractivity contribution in [1.29, 1.82) is 5.26 Å². The van der Waals surface area contributed by atoms with Gasteiger partial charge in [0.2, 0.25) is 0 Å². The number of benzene rings is 1. The van der Waals surface area contributed by atoms with Gasteiger partial charge < -0.3 is 14.3 Å². The Morgan fingerprint density at radius 2 is 2.00 bits per heavy atom. The third-order valence-corrected chi connectivity index (χ3v) is 3.17. The fourth-order valence-electron chi connectivity index (χ4n) is 2.20. The van der Waals surface area contributed by atoms with Crippen LogP contribution in [0.3, 0.4) is 0 Å². The van der Waals surface area contributed by atoms with Crippen molar-refractivity contribution in [3.63, 3.8) is 0 Å². The topological polar surface area (TPSA) is 76.4 Å². The second-order valence-electron chi connectivity index (χ2n) is 4.58. The van der Waals surface area contributed by atoms with Crippen molar-refractivity contribution in [2.75, 3.05) is 13.2 Å². The van der Waals surface area contributed by atoms with Gasteiger partial charge in [0.1, 0.15) is 12.1 Å². The quantitative estimate of drug-likeness (QED) is 0.544. The Balaban J connectivity index is 3.21. The van der Waals surface area contributed by atoms with Crippen LogP contribution in [0.15, 0.2) is 24.3 Å².